The molecule has 0 radical (unpaired) electrons. The number of amides is 1. The molecule has 0 atom stereocenters. The number of anilines is 2. The number of nitrogens with zero attached hydrogens (tertiary/aromatic N) is 4. The number of hydrogen-bond acceptors (Lipinski definition) is 5. The van der Waals surface area contributed by atoms with E-state index in [0.717, 1.165) is 64.2 Å². The van der Waals surface area contributed by atoms with Crippen molar-refractivity contribution in [1.82, 2.24) is 14.8 Å². The minimum Gasteiger partial charge on any atom is -0.369 e. The van der Waals surface area contributed by atoms with Crippen molar-refractivity contribution < 1.29 is 18.0 Å². The summed E-state index contributed by atoms with van der Waals surface area (Å²) in [4.78, 5) is 23.4. The summed E-state index contributed by atoms with van der Waals surface area (Å²) in [7, 11) is 0. The van der Waals surface area contributed by atoms with Crippen LogP contribution in [0.1, 0.15) is 57.6 Å². The largest absolute Gasteiger partial charge is 0.417 e. The van der Waals surface area contributed by atoms with E-state index >= 15 is 0 Å². The van der Waals surface area contributed by atoms with Crippen LogP contribution in [0.2, 0.25) is 0 Å². The minimum absolute atomic E-state index is 0.101. The van der Waals surface area contributed by atoms with Crippen molar-refractivity contribution in [3.8, 4) is 0 Å². The fraction of sp³-hybridized carbons (Fsp3) is 0.586. The van der Waals surface area contributed by atoms with Gasteiger partial charge >= 0.3 is 6.18 Å². The number of pyridine rings is 1. The van der Waals surface area contributed by atoms with Gasteiger partial charge in [-0.1, -0.05) is 32.9 Å². The fourth-order valence-corrected chi connectivity index (χ4v) is 5.14. The molecule has 0 bridgehead atoms. The first-order valence-electron chi connectivity index (χ1n) is 13.6. The summed E-state index contributed by atoms with van der Waals surface area (Å²) in [5.41, 5.74) is 2.03. The van der Waals surface area contributed by atoms with E-state index in [1.807, 2.05) is 4.90 Å². The van der Waals surface area contributed by atoms with Gasteiger partial charge in [-0.3, -0.25) is 9.69 Å². The van der Waals surface area contributed by atoms with Crippen LogP contribution in [0.5, 0.6) is 0 Å². The zero-order chi connectivity index (χ0) is 27.3. The molecule has 2 fully saturated rings. The third-order valence-electron chi connectivity index (χ3n) is 7.63. The van der Waals surface area contributed by atoms with Gasteiger partial charge in [-0.25, -0.2) is 4.98 Å². The Kier molecular flexibility index (Phi) is 8.85. The number of halogens is 3. The standard InChI is InChI=1S/C29H40F3N5O/c1-28(2,3)22-6-9-25(10-7-22)36-19-17-35(18-20-36)14-4-5-27(38)37-15-12-24(13-16-37)34-26-11-8-23(21-33-26)29(30,31)32/h6-11,21,24H,4-5,12-20H2,1-3H3,(H,33,34). The van der Waals surface area contributed by atoms with E-state index in [-0.39, 0.29) is 17.4 Å². The van der Waals surface area contributed by atoms with Gasteiger partial charge in [-0.15, -0.1) is 0 Å². The Bertz CT molecular complexity index is 1030. The predicted molar refractivity (Wildman–Crippen MR) is 145 cm³/mol. The molecule has 2 saturated heterocycles. The van der Waals surface area contributed by atoms with Gasteiger partial charge in [-0.2, -0.15) is 13.2 Å². The highest BCUT2D eigenvalue weighted by atomic mass is 19.4. The zero-order valence-electron chi connectivity index (χ0n) is 22.7. The summed E-state index contributed by atoms with van der Waals surface area (Å²) < 4.78 is 38.1. The summed E-state index contributed by atoms with van der Waals surface area (Å²) in [6, 6.07) is 11.4. The normalized spacial score (nSPS) is 18.1. The molecular formula is C29H40F3N5O. The summed E-state index contributed by atoms with van der Waals surface area (Å²) in [5.74, 6) is 0.624. The number of likely N-dealkylation sites (tertiary alicyclic amines) is 1. The van der Waals surface area contributed by atoms with Gasteiger partial charge in [0.15, 0.2) is 0 Å². The number of carbonyl (C=O) groups is 1. The Hall–Kier alpha value is -2.81. The van der Waals surface area contributed by atoms with Crippen LogP contribution in [0.4, 0.5) is 24.7 Å². The lowest BCUT2D eigenvalue weighted by Gasteiger charge is -2.36. The van der Waals surface area contributed by atoms with Gasteiger partial charge in [-0.05, 0) is 61.1 Å². The van der Waals surface area contributed by atoms with Gasteiger partial charge in [0, 0.05) is 63.6 Å². The topological polar surface area (TPSA) is 51.7 Å². The molecule has 208 valence electrons. The number of piperidine rings is 1. The van der Waals surface area contributed by atoms with Gasteiger partial charge in [0.1, 0.15) is 5.82 Å². The second-order valence-corrected chi connectivity index (χ2v) is 11.5. The number of hydrogen-bond donors (Lipinski definition) is 1. The number of aromatic nitrogens is 1. The van der Waals surface area contributed by atoms with Crippen molar-refractivity contribution in [2.75, 3.05) is 56.0 Å². The van der Waals surface area contributed by atoms with Crippen molar-refractivity contribution in [3.05, 3.63) is 53.7 Å². The molecule has 6 nitrogen and oxygen atoms in total. The van der Waals surface area contributed by atoms with Crippen LogP contribution in [0, 0.1) is 0 Å². The van der Waals surface area contributed by atoms with Crippen LogP contribution >= 0.6 is 0 Å². The third-order valence-corrected chi connectivity index (χ3v) is 7.63. The molecule has 0 saturated carbocycles. The van der Waals surface area contributed by atoms with Crippen LogP contribution in [-0.4, -0.2) is 72.5 Å². The van der Waals surface area contributed by atoms with Crippen molar-refractivity contribution in [1.29, 1.82) is 0 Å². The molecule has 1 aromatic carbocycles. The van der Waals surface area contributed by atoms with E-state index in [1.54, 1.807) is 0 Å². The minimum atomic E-state index is -4.38. The van der Waals surface area contributed by atoms with E-state index in [4.69, 9.17) is 0 Å². The summed E-state index contributed by atoms with van der Waals surface area (Å²) >= 11 is 0. The van der Waals surface area contributed by atoms with Crippen molar-refractivity contribution >= 4 is 17.4 Å². The van der Waals surface area contributed by atoms with Crippen molar-refractivity contribution in [2.45, 2.75) is 64.1 Å². The lowest BCUT2D eigenvalue weighted by Crippen LogP contribution is -2.47. The number of nitrogens with one attached hydrogen (secondary N) is 1. The Balaban J connectivity index is 1.12. The van der Waals surface area contributed by atoms with Crippen LogP contribution in [-0.2, 0) is 16.4 Å². The molecule has 1 amide bonds. The summed E-state index contributed by atoms with van der Waals surface area (Å²) in [6.45, 7) is 12.9. The quantitative estimate of drug-likeness (QED) is 0.518. The van der Waals surface area contributed by atoms with Crippen LogP contribution in [0.15, 0.2) is 42.6 Å². The Labute approximate surface area is 224 Å². The first kappa shape index (κ1) is 28.2. The SMILES string of the molecule is CC(C)(C)c1ccc(N2CCN(CCCC(=O)N3CCC(Nc4ccc(C(F)(F)F)cn4)CC3)CC2)cc1. The Morgan fingerprint density at radius 3 is 2.11 bits per heavy atom. The molecule has 0 aliphatic carbocycles. The van der Waals surface area contributed by atoms with Crippen molar-refractivity contribution in [2.24, 2.45) is 0 Å². The molecular weight excluding hydrogens is 491 g/mol. The van der Waals surface area contributed by atoms with Crippen LogP contribution in [0.3, 0.4) is 0 Å². The summed E-state index contributed by atoms with van der Waals surface area (Å²) in [5, 5.41) is 3.20. The second kappa shape index (κ2) is 11.9. The lowest BCUT2D eigenvalue weighted by atomic mass is 9.87. The fourth-order valence-electron chi connectivity index (χ4n) is 5.14. The van der Waals surface area contributed by atoms with Gasteiger partial charge in [0.05, 0.1) is 5.56 Å². The third kappa shape index (κ3) is 7.62. The van der Waals surface area contributed by atoms with E-state index in [1.165, 1.54) is 17.3 Å². The molecule has 0 spiro atoms. The molecule has 2 aliphatic heterocycles. The predicted octanol–water partition coefficient (Wildman–Crippen LogP) is 5.40. The first-order valence-corrected chi connectivity index (χ1v) is 13.6. The van der Waals surface area contributed by atoms with E-state index in [9.17, 15) is 18.0 Å². The lowest BCUT2D eigenvalue weighted by molar-refractivity contribution is -0.137. The average molecular weight is 532 g/mol. The molecule has 9 heteroatoms. The van der Waals surface area contributed by atoms with Crippen molar-refractivity contribution in [3.63, 3.8) is 0 Å². The smallest absolute Gasteiger partial charge is 0.369 e. The second-order valence-electron chi connectivity index (χ2n) is 11.5. The number of alkyl halides is 3. The Morgan fingerprint density at radius 2 is 1.55 bits per heavy atom. The molecule has 0 unspecified atom stereocenters. The van der Waals surface area contributed by atoms with Gasteiger partial charge in [0.2, 0.25) is 5.91 Å². The highest BCUT2D eigenvalue weighted by Crippen LogP contribution is 2.29. The molecule has 1 aromatic heterocycles. The number of carbonyl (C=O) groups excluding carboxylic acids is 1. The monoisotopic (exact) mass is 531 g/mol. The average Bonchev–Trinajstić information content (AvgIpc) is 2.89. The summed E-state index contributed by atoms with van der Waals surface area (Å²) in [6.07, 6.45) is -0.615. The van der Waals surface area contributed by atoms with E-state index < -0.39 is 11.7 Å². The van der Waals surface area contributed by atoms with E-state index in [0.29, 0.717) is 25.3 Å². The van der Waals surface area contributed by atoms with Gasteiger partial charge in [0.25, 0.3) is 0 Å². The molecule has 2 aliphatic rings. The molecule has 2 aromatic rings. The highest BCUT2D eigenvalue weighted by molar-refractivity contribution is 5.76. The first-order chi connectivity index (χ1) is 18.0. The Morgan fingerprint density at radius 1 is 0.921 bits per heavy atom. The van der Waals surface area contributed by atoms with E-state index in [2.05, 4.69) is 65.1 Å². The molecule has 4 rings (SSSR count). The zero-order valence-corrected chi connectivity index (χ0v) is 22.7. The number of benzene rings is 1. The maximum atomic E-state index is 12.7. The number of rotatable bonds is 7. The van der Waals surface area contributed by atoms with Crippen LogP contribution in [0.25, 0.3) is 0 Å². The number of piperazine rings is 1. The highest BCUT2D eigenvalue weighted by Gasteiger charge is 2.31. The molecule has 3 heterocycles. The molecule has 38 heavy (non-hydrogen) atoms. The molecule has 1 N–H and O–H groups in total. The maximum Gasteiger partial charge on any atom is 0.417 e. The maximum absolute atomic E-state index is 12.7. The van der Waals surface area contributed by atoms with Crippen LogP contribution < -0.4 is 10.2 Å². The van der Waals surface area contributed by atoms with Gasteiger partial charge < -0.3 is 15.1 Å².